The molecule has 2 N–H and O–H groups in total. The molecule has 2 amide bonds. The lowest BCUT2D eigenvalue weighted by Gasteiger charge is -2.09. The Balaban J connectivity index is 1.95. The Kier molecular flexibility index (Phi) is 5.24. The second-order valence-electron chi connectivity index (χ2n) is 4.57. The van der Waals surface area contributed by atoms with Crippen molar-refractivity contribution in [1.29, 1.82) is 0 Å². The lowest BCUT2D eigenvalue weighted by molar-refractivity contribution is -0.118. The Labute approximate surface area is 131 Å². The van der Waals surface area contributed by atoms with Gasteiger partial charge in [0.05, 0.1) is 5.69 Å². The predicted octanol–water partition coefficient (Wildman–Crippen LogP) is 2.34. The van der Waals surface area contributed by atoms with Gasteiger partial charge in [0.15, 0.2) is 6.61 Å². The average molecular weight is 320 g/mol. The van der Waals surface area contributed by atoms with Crippen molar-refractivity contribution in [2.75, 3.05) is 19.0 Å². The van der Waals surface area contributed by atoms with Crippen LogP contribution in [-0.2, 0) is 4.79 Å². The maximum atomic E-state index is 13.4. The third kappa shape index (κ3) is 4.50. The van der Waals surface area contributed by atoms with Gasteiger partial charge < -0.3 is 15.4 Å². The van der Waals surface area contributed by atoms with E-state index in [1.54, 1.807) is 18.2 Å². The van der Waals surface area contributed by atoms with Gasteiger partial charge in [-0.2, -0.15) is 0 Å². The lowest BCUT2D eigenvalue weighted by Crippen LogP contribution is -2.21. The molecule has 0 aliphatic heterocycles. The van der Waals surface area contributed by atoms with Gasteiger partial charge in [-0.3, -0.25) is 9.59 Å². The third-order valence-electron chi connectivity index (χ3n) is 2.90. The summed E-state index contributed by atoms with van der Waals surface area (Å²) in [4.78, 5) is 23.2. The van der Waals surface area contributed by atoms with Crippen LogP contribution in [0.2, 0.25) is 0 Å². The highest BCUT2D eigenvalue weighted by Gasteiger charge is 2.10. The quantitative estimate of drug-likeness (QED) is 0.888. The minimum absolute atomic E-state index is 0.140. The molecule has 0 saturated heterocycles. The first kappa shape index (κ1) is 16.4. The smallest absolute Gasteiger partial charge is 0.262 e. The Morgan fingerprint density at radius 1 is 1.13 bits per heavy atom. The number of anilines is 1. The molecule has 2 aromatic carbocycles. The van der Waals surface area contributed by atoms with E-state index in [0.29, 0.717) is 17.4 Å². The standard InChI is InChI=1S/C16H14F2N2O3/c1-19-16(22)10-3-2-4-12(7-10)23-9-15(21)20-14-6-5-11(17)8-13(14)18/h2-8H,9H2,1H3,(H,19,22)(H,20,21). The van der Waals surface area contributed by atoms with Gasteiger partial charge in [-0.25, -0.2) is 8.78 Å². The van der Waals surface area contributed by atoms with Gasteiger partial charge in [-0.1, -0.05) is 6.07 Å². The minimum atomic E-state index is -0.875. The van der Waals surface area contributed by atoms with E-state index >= 15 is 0 Å². The van der Waals surface area contributed by atoms with Crippen LogP contribution in [0.5, 0.6) is 5.75 Å². The van der Waals surface area contributed by atoms with Crippen molar-refractivity contribution in [1.82, 2.24) is 5.32 Å². The number of halogens is 2. The average Bonchev–Trinajstić information content (AvgIpc) is 2.55. The molecular formula is C16H14F2N2O3. The van der Waals surface area contributed by atoms with Crippen LogP contribution in [0.15, 0.2) is 42.5 Å². The fourth-order valence-corrected chi connectivity index (χ4v) is 1.80. The van der Waals surface area contributed by atoms with E-state index in [-0.39, 0.29) is 18.2 Å². The molecule has 0 heterocycles. The molecule has 2 aromatic rings. The van der Waals surface area contributed by atoms with Crippen LogP contribution in [0.1, 0.15) is 10.4 Å². The van der Waals surface area contributed by atoms with Crippen LogP contribution in [0.3, 0.4) is 0 Å². The highest BCUT2D eigenvalue weighted by Crippen LogP contribution is 2.16. The molecule has 0 aromatic heterocycles. The van der Waals surface area contributed by atoms with Crippen LogP contribution in [0, 0.1) is 11.6 Å². The first-order chi connectivity index (χ1) is 11.0. The zero-order valence-corrected chi connectivity index (χ0v) is 12.2. The predicted molar refractivity (Wildman–Crippen MR) is 80.3 cm³/mol. The number of hydrogen-bond donors (Lipinski definition) is 2. The number of carbonyl (C=O) groups is 2. The molecular weight excluding hydrogens is 306 g/mol. The molecule has 0 radical (unpaired) electrons. The fourth-order valence-electron chi connectivity index (χ4n) is 1.80. The second kappa shape index (κ2) is 7.35. The van der Waals surface area contributed by atoms with Gasteiger partial charge in [0, 0.05) is 18.7 Å². The number of carbonyl (C=O) groups excluding carboxylic acids is 2. The zero-order chi connectivity index (χ0) is 16.8. The van der Waals surface area contributed by atoms with E-state index in [2.05, 4.69) is 10.6 Å². The van der Waals surface area contributed by atoms with E-state index in [1.807, 2.05) is 0 Å². The van der Waals surface area contributed by atoms with E-state index in [0.717, 1.165) is 12.1 Å². The van der Waals surface area contributed by atoms with Crippen LogP contribution < -0.4 is 15.4 Å². The monoisotopic (exact) mass is 320 g/mol. The number of hydrogen-bond acceptors (Lipinski definition) is 3. The van der Waals surface area contributed by atoms with Crippen molar-refractivity contribution >= 4 is 17.5 Å². The zero-order valence-electron chi connectivity index (χ0n) is 12.2. The molecule has 5 nitrogen and oxygen atoms in total. The molecule has 0 unspecified atom stereocenters. The van der Waals surface area contributed by atoms with Crippen molar-refractivity contribution in [3.8, 4) is 5.75 Å². The molecule has 0 aliphatic rings. The summed E-state index contributed by atoms with van der Waals surface area (Å²) in [6.07, 6.45) is 0. The first-order valence-corrected chi connectivity index (χ1v) is 6.69. The normalized spacial score (nSPS) is 10.0. The second-order valence-corrected chi connectivity index (χ2v) is 4.57. The topological polar surface area (TPSA) is 67.4 Å². The summed E-state index contributed by atoms with van der Waals surface area (Å²) in [6.45, 7) is -0.381. The molecule has 120 valence electrons. The maximum absolute atomic E-state index is 13.4. The van der Waals surface area contributed by atoms with Gasteiger partial charge in [0.25, 0.3) is 11.8 Å². The molecule has 23 heavy (non-hydrogen) atoms. The number of nitrogens with one attached hydrogen (secondary N) is 2. The summed E-state index contributed by atoms with van der Waals surface area (Å²) in [5.41, 5.74) is 0.245. The number of ether oxygens (including phenoxy) is 1. The number of benzene rings is 2. The molecule has 0 bridgehead atoms. The van der Waals surface area contributed by atoms with Crippen molar-refractivity contribution < 1.29 is 23.1 Å². The molecule has 0 fully saturated rings. The molecule has 0 spiro atoms. The highest BCUT2D eigenvalue weighted by molar-refractivity contribution is 5.94. The van der Waals surface area contributed by atoms with Crippen LogP contribution in [0.25, 0.3) is 0 Å². The Bertz CT molecular complexity index is 735. The molecule has 2 rings (SSSR count). The van der Waals surface area contributed by atoms with Gasteiger partial charge in [0.1, 0.15) is 17.4 Å². The fraction of sp³-hybridized carbons (Fsp3) is 0.125. The lowest BCUT2D eigenvalue weighted by atomic mass is 10.2. The van der Waals surface area contributed by atoms with E-state index in [9.17, 15) is 18.4 Å². The van der Waals surface area contributed by atoms with Gasteiger partial charge in [-0.15, -0.1) is 0 Å². The first-order valence-electron chi connectivity index (χ1n) is 6.69. The van der Waals surface area contributed by atoms with Crippen LogP contribution >= 0.6 is 0 Å². The van der Waals surface area contributed by atoms with Gasteiger partial charge >= 0.3 is 0 Å². The molecule has 7 heteroatoms. The Morgan fingerprint density at radius 2 is 1.91 bits per heavy atom. The number of rotatable bonds is 5. The van der Waals surface area contributed by atoms with Crippen molar-refractivity contribution in [3.63, 3.8) is 0 Å². The molecule has 0 saturated carbocycles. The summed E-state index contributed by atoms with van der Waals surface area (Å²) < 4.78 is 31.4. The van der Waals surface area contributed by atoms with Crippen LogP contribution in [0.4, 0.5) is 14.5 Å². The third-order valence-corrected chi connectivity index (χ3v) is 2.90. The summed E-state index contributed by atoms with van der Waals surface area (Å²) in [5, 5.41) is 4.74. The highest BCUT2D eigenvalue weighted by atomic mass is 19.1. The van der Waals surface area contributed by atoms with Gasteiger partial charge in [0.2, 0.25) is 0 Å². The molecule has 0 atom stereocenters. The van der Waals surface area contributed by atoms with E-state index < -0.39 is 17.5 Å². The summed E-state index contributed by atoms with van der Waals surface area (Å²) in [5.74, 6) is -2.18. The Hall–Kier alpha value is -2.96. The minimum Gasteiger partial charge on any atom is -0.484 e. The summed E-state index contributed by atoms with van der Waals surface area (Å²) >= 11 is 0. The van der Waals surface area contributed by atoms with Crippen LogP contribution in [-0.4, -0.2) is 25.5 Å². The van der Waals surface area contributed by atoms with E-state index in [1.165, 1.54) is 13.1 Å². The van der Waals surface area contributed by atoms with Crippen molar-refractivity contribution in [2.45, 2.75) is 0 Å². The SMILES string of the molecule is CNC(=O)c1cccc(OCC(=O)Nc2ccc(F)cc2F)c1. The summed E-state index contributed by atoms with van der Waals surface area (Å²) in [6, 6.07) is 9.09. The largest absolute Gasteiger partial charge is 0.484 e. The Morgan fingerprint density at radius 3 is 2.61 bits per heavy atom. The molecule has 0 aliphatic carbocycles. The van der Waals surface area contributed by atoms with Crippen molar-refractivity contribution in [2.24, 2.45) is 0 Å². The number of amides is 2. The van der Waals surface area contributed by atoms with Gasteiger partial charge in [-0.05, 0) is 30.3 Å². The van der Waals surface area contributed by atoms with E-state index in [4.69, 9.17) is 4.74 Å². The summed E-state index contributed by atoms with van der Waals surface area (Å²) in [7, 11) is 1.50. The maximum Gasteiger partial charge on any atom is 0.262 e. The van der Waals surface area contributed by atoms with Crippen molar-refractivity contribution in [3.05, 3.63) is 59.7 Å².